The molecule has 1 atom stereocenters. The number of carboxylic acid groups (broad SMARTS) is 1. The Kier molecular flexibility index (Phi) is 4.13. The maximum absolute atomic E-state index is 13.6. The van der Waals surface area contributed by atoms with Gasteiger partial charge in [-0.25, -0.2) is 30.4 Å². The number of carboxylic acids is 1. The molecule has 0 radical (unpaired) electrons. The fraction of sp³-hybridized carbons (Fsp3) is 0.364. The van der Waals surface area contributed by atoms with Crippen LogP contribution in [0.25, 0.3) is 0 Å². The molecule has 122 valence electrons. The van der Waals surface area contributed by atoms with Crippen LogP contribution in [0.5, 0.6) is 0 Å². The van der Waals surface area contributed by atoms with Crippen LogP contribution in [0.4, 0.5) is 22.0 Å². The molecule has 1 fully saturated rings. The molecule has 22 heavy (non-hydrogen) atoms. The molecule has 0 saturated carbocycles. The number of hydrogen-bond acceptors (Lipinski definition) is 3. The Hall–Kier alpha value is -1.75. The molecule has 0 unspecified atom stereocenters. The molecule has 1 aliphatic heterocycles. The third kappa shape index (κ3) is 2.43. The molecule has 5 nitrogen and oxygen atoms in total. The summed E-state index contributed by atoms with van der Waals surface area (Å²) in [5.74, 6) is -14.6. The van der Waals surface area contributed by atoms with Crippen molar-refractivity contribution in [2.75, 3.05) is 13.1 Å². The van der Waals surface area contributed by atoms with Crippen LogP contribution in [0.2, 0.25) is 0 Å². The van der Waals surface area contributed by atoms with E-state index in [1.165, 1.54) is 0 Å². The highest BCUT2D eigenvalue weighted by Gasteiger charge is 2.41. The number of rotatable bonds is 3. The van der Waals surface area contributed by atoms with E-state index in [4.69, 9.17) is 5.11 Å². The molecule has 1 aromatic rings. The van der Waals surface area contributed by atoms with Crippen molar-refractivity contribution < 1.29 is 40.3 Å². The van der Waals surface area contributed by atoms with Gasteiger partial charge in [0.15, 0.2) is 28.2 Å². The van der Waals surface area contributed by atoms with Gasteiger partial charge in [0.25, 0.3) is 0 Å². The topological polar surface area (TPSA) is 74.7 Å². The van der Waals surface area contributed by atoms with Gasteiger partial charge in [-0.2, -0.15) is 4.31 Å². The van der Waals surface area contributed by atoms with Gasteiger partial charge in [0.05, 0.1) is 5.92 Å². The van der Waals surface area contributed by atoms with Gasteiger partial charge in [-0.1, -0.05) is 0 Å². The van der Waals surface area contributed by atoms with Crippen molar-refractivity contribution in [2.45, 2.75) is 11.3 Å². The second-order valence-corrected chi connectivity index (χ2v) is 6.46. The molecule has 1 saturated heterocycles. The molecule has 1 aliphatic rings. The number of nitrogens with zero attached hydrogens (tertiary/aromatic N) is 1. The number of sulfonamides is 1. The van der Waals surface area contributed by atoms with Crippen molar-refractivity contribution >= 4 is 16.0 Å². The zero-order valence-electron chi connectivity index (χ0n) is 10.6. The molecule has 0 aliphatic carbocycles. The molecule has 1 N–H and O–H groups in total. The first kappa shape index (κ1) is 16.6. The summed E-state index contributed by atoms with van der Waals surface area (Å²) < 4.78 is 90.7. The molecule has 0 aromatic heterocycles. The van der Waals surface area contributed by atoms with E-state index >= 15 is 0 Å². The Balaban J connectivity index is 2.55. The lowest BCUT2D eigenvalue weighted by Crippen LogP contribution is -2.32. The van der Waals surface area contributed by atoms with E-state index < -0.39 is 69.0 Å². The largest absolute Gasteiger partial charge is 0.481 e. The van der Waals surface area contributed by atoms with E-state index in [0.29, 0.717) is 4.31 Å². The lowest BCUT2D eigenvalue weighted by molar-refractivity contribution is -0.141. The zero-order chi connectivity index (χ0) is 16.8. The minimum atomic E-state index is -5.05. The number of halogens is 5. The van der Waals surface area contributed by atoms with Crippen molar-refractivity contribution in [3.05, 3.63) is 29.1 Å². The summed E-state index contributed by atoms with van der Waals surface area (Å²) in [6, 6.07) is 0. The second kappa shape index (κ2) is 5.47. The quantitative estimate of drug-likeness (QED) is 0.512. The van der Waals surface area contributed by atoms with Crippen LogP contribution in [-0.2, 0) is 14.8 Å². The van der Waals surface area contributed by atoms with Crippen molar-refractivity contribution in [2.24, 2.45) is 5.92 Å². The van der Waals surface area contributed by atoms with E-state index in [1.54, 1.807) is 0 Å². The third-order valence-corrected chi connectivity index (χ3v) is 5.15. The summed E-state index contributed by atoms with van der Waals surface area (Å²) in [5, 5.41) is 8.76. The Labute approximate surface area is 121 Å². The van der Waals surface area contributed by atoms with Crippen molar-refractivity contribution in [1.82, 2.24) is 4.31 Å². The minimum absolute atomic E-state index is 0.135. The van der Waals surface area contributed by atoms with Crippen LogP contribution in [0.1, 0.15) is 6.42 Å². The lowest BCUT2D eigenvalue weighted by Gasteiger charge is -2.17. The summed E-state index contributed by atoms with van der Waals surface area (Å²) in [7, 11) is -5.05. The fourth-order valence-electron chi connectivity index (χ4n) is 2.09. The third-order valence-electron chi connectivity index (χ3n) is 3.27. The van der Waals surface area contributed by atoms with Crippen LogP contribution < -0.4 is 0 Å². The fourth-order valence-corrected chi connectivity index (χ4v) is 3.70. The van der Waals surface area contributed by atoms with Gasteiger partial charge in [0, 0.05) is 13.1 Å². The molecule has 2 rings (SSSR count). The van der Waals surface area contributed by atoms with Crippen molar-refractivity contribution in [1.29, 1.82) is 0 Å². The molecular formula is C11H8F5NO4S. The van der Waals surface area contributed by atoms with Crippen LogP contribution in [-0.4, -0.2) is 36.9 Å². The molecular weight excluding hydrogens is 337 g/mol. The first-order valence-corrected chi connectivity index (χ1v) is 7.27. The summed E-state index contributed by atoms with van der Waals surface area (Å²) in [5.41, 5.74) is 0. The number of aliphatic carboxylic acids is 1. The highest BCUT2D eigenvalue weighted by atomic mass is 32.2. The van der Waals surface area contributed by atoms with Gasteiger partial charge in [-0.3, -0.25) is 4.79 Å². The molecule has 11 heteroatoms. The zero-order valence-corrected chi connectivity index (χ0v) is 11.4. The van der Waals surface area contributed by atoms with Gasteiger partial charge in [-0.05, 0) is 6.42 Å². The SMILES string of the molecule is O=C(O)[C@@H]1CCN(S(=O)(=O)c2c(F)c(F)c(F)c(F)c2F)C1. The summed E-state index contributed by atoms with van der Waals surface area (Å²) in [4.78, 5) is 8.78. The standard InChI is InChI=1S/C11H8F5NO4S/c12-5-6(13)8(15)10(9(16)7(5)14)22(20,21)17-2-1-4(3-17)11(18)19/h4H,1-3H2,(H,18,19)/t4-/m1/s1. The monoisotopic (exact) mass is 345 g/mol. The van der Waals surface area contributed by atoms with Crippen LogP contribution in [0.15, 0.2) is 4.90 Å². The molecule has 1 aromatic carbocycles. The van der Waals surface area contributed by atoms with E-state index in [-0.39, 0.29) is 6.42 Å². The maximum Gasteiger partial charge on any atom is 0.307 e. The number of carbonyl (C=O) groups is 1. The highest BCUT2D eigenvalue weighted by molar-refractivity contribution is 7.89. The van der Waals surface area contributed by atoms with Crippen molar-refractivity contribution in [3.63, 3.8) is 0 Å². The highest BCUT2D eigenvalue weighted by Crippen LogP contribution is 2.31. The average Bonchev–Trinajstić information content (AvgIpc) is 2.93. The maximum atomic E-state index is 13.6. The summed E-state index contributed by atoms with van der Waals surface area (Å²) in [6.45, 7) is -1.02. The van der Waals surface area contributed by atoms with E-state index in [0.717, 1.165) is 0 Å². The second-order valence-electron chi connectivity index (χ2n) is 4.59. The van der Waals surface area contributed by atoms with Gasteiger partial charge >= 0.3 is 5.97 Å². The molecule has 0 bridgehead atoms. The minimum Gasteiger partial charge on any atom is -0.481 e. The predicted octanol–water partition coefficient (Wildman–Crippen LogP) is 1.48. The first-order valence-electron chi connectivity index (χ1n) is 5.83. The first-order chi connectivity index (χ1) is 10.1. The summed E-state index contributed by atoms with van der Waals surface area (Å²) >= 11 is 0. The smallest absolute Gasteiger partial charge is 0.307 e. The van der Waals surface area contributed by atoms with Gasteiger partial charge < -0.3 is 5.11 Å². The average molecular weight is 345 g/mol. The number of benzene rings is 1. The van der Waals surface area contributed by atoms with Gasteiger partial charge in [0.1, 0.15) is 0 Å². The Bertz CT molecular complexity index is 722. The normalized spacial score (nSPS) is 19.6. The number of hydrogen-bond donors (Lipinski definition) is 1. The molecule has 0 amide bonds. The Morgan fingerprint density at radius 2 is 1.45 bits per heavy atom. The van der Waals surface area contributed by atoms with Crippen LogP contribution >= 0.6 is 0 Å². The van der Waals surface area contributed by atoms with Gasteiger partial charge in [0.2, 0.25) is 15.8 Å². The van der Waals surface area contributed by atoms with E-state index in [1.807, 2.05) is 0 Å². The van der Waals surface area contributed by atoms with Crippen LogP contribution in [0.3, 0.4) is 0 Å². The Morgan fingerprint density at radius 3 is 1.86 bits per heavy atom. The predicted molar refractivity (Wildman–Crippen MR) is 60.7 cm³/mol. The molecule has 0 spiro atoms. The summed E-state index contributed by atoms with van der Waals surface area (Å²) in [6.07, 6.45) is -0.135. The Morgan fingerprint density at radius 1 is 1.00 bits per heavy atom. The van der Waals surface area contributed by atoms with E-state index in [2.05, 4.69) is 0 Å². The lowest BCUT2D eigenvalue weighted by atomic mass is 10.1. The van der Waals surface area contributed by atoms with E-state index in [9.17, 15) is 35.2 Å². The van der Waals surface area contributed by atoms with Gasteiger partial charge in [-0.15, -0.1) is 0 Å². The van der Waals surface area contributed by atoms with Crippen LogP contribution in [0, 0.1) is 35.0 Å². The molecule has 1 heterocycles. The van der Waals surface area contributed by atoms with Crippen molar-refractivity contribution in [3.8, 4) is 0 Å².